The fourth-order valence-corrected chi connectivity index (χ4v) is 4.90. The number of fused-ring (bicyclic) bond motifs is 2. The second-order valence-electron chi connectivity index (χ2n) is 9.05. The van der Waals surface area contributed by atoms with Crippen LogP contribution >= 0.6 is 0 Å². The van der Waals surface area contributed by atoms with Gasteiger partial charge in [0.2, 0.25) is 5.91 Å². The van der Waals surface area contributed by atoms with E-state index in [9.17, 15) is 4.79 Å². The van der Waals surface area contributed by atoms with Crippen molar-refractivity contribution >= 4 is 33.4 Å². The van der Waals surface area contributed by atoms with Crippen molar-refractivity contribution in [3.05, 3.63) is 72.6 Å². The summed E-state index contributed by atoms with van der Waals surface area (Å²) in [6.45, 7) is 7.07. The van der Waals surface area contributed by atoms with Crippen molar-refractivity contribution < 1.29 is 4.79 Å². The summed E-state index contributed by atoms with van der Waals surface area (Å²) >= 11 is 0. The van der Waals surface area contributed by atoms with Gasteiger partial charge in [0.05, 0.1) is 17.6 Å². The van der Waals surface area contributed by atoms with Crippen LogP contribution in [0.25, 0.3) is 21.8 Å². The molecule has 5 rings (SSSR count). The van der Waals surface area contributed by atoms with E-state index in [1.807, 2.05) is 30.3 Å². The third-order valence-electron chi connectivity index (χ3n) is 6.56. The Labute approximate surface area is 189 Å². The number of nitrogens with zero attached hydrogens (tertiary/aromatic N) is 3. The number of aromatic nitrogens is 2. The molecule has 0 unspecified atom stereocenters. The molecule has 0 aliphatic carbocycles. The van der Waals surface area contributed by atoms with Crippen molar-refractivity contribution in [3.63, 3.8) is 0 Å². The number of imidazole rings is 1. The Hall–Kier alpha value is -3.18. The highest BCUT2D eigenvalue weighted by atomic mass is 16.1. The summed E-state index contributed by atoms with van der Waals surface area (Å²) in [7, 11) is 0. The van der Waals surface area contributed by atoms with Crippen LogP contribution in [0.5, 0.6) is 0 Å². The third kappa shape index (κ3) is 4.00. The van der Waals surface area contributed by atoms with Gasteiger partial charge in [-0.15, -0.1) is 0 Å². The first kappa shape index (κ1) is 20.7. The number of amides is 1. The molecule has 5 nitrogen and oxygen atoms in total. The zero-order valence-corrected chi connectivity index (χ0v) is 18.8. The molecule has 1 amide bonds. The van der Waals surface area contributed by atoms with E-state index in [0.29, 0.717) is 6.04 Å². The summed E-state index contributed by atoms with van der Waals surface area (Å²) < 4.78 is 2.34. The van der Waals surface area contributed by atoms with E-state index in [1.165, 1.54) is 5.52 Å². The van der Waals surface area contributed by atoms with Crippen molar-refractivity contribution in [2.75, 3.05) is 18.4 Å². The van der Waals surface area contributed by atoms with Crippen molar-refractivity contribution in [2.45, 2.75) is 39.3 Å². The predicted molar refractivity (Wildman–Crippen MR) is 131 cm³/mol. The zero-order valence-electron chi connectivity index (χ0n) is 18.8. The molecule has 1 fully saturated rings. The number of nitrogens with one attached hydrogen (secondary N) is 1. The smallest absolute Gasteiger partial charge is 0.227 e. The first-order valence-electron chi connectivity index (χ1n) is 11.6. The molecule has 1 aliphatic rings. The van der Waals surface area contributed by atoms with Gasteiger partial charge in [0.15, 0.2) is 0 Å². The molecule has 0 bridgehead atoms. The maximum Gasteiger partial charge on any atom is 0.227 e. The Morgan fingerprint density at radius 2 is 1.72 bits per heavy atom. The molecule has 3 aromatic carbocycles. The molecule has 4 aromatic rings. The highest BCUT2D eigenvalue weighted by Gasteiger charge is 2.26. The zero-order chi connectivity index (χ0) is 22.1. The van der Waals surface area contributed by atoms with Crippen LogP contribution in [0.3, 0.4) is 0 Å². The molecule has 1 saturated heterocycles. The molecule has 0 atom stereocenters. The second-order valence-corrected chi connectivity index (χ2v) is 9.05. The maximum absolute atomic E-state index is 13.0. The van der Waals surface area contributed by atoms with Crippen LogP contribution in [0.4, 0.5) is 5.69 Å². The topological polar surface area (TPSA) is 50.2 Å². The van der Waals surface area contributed by atoms with Gasteiger partial charge in [-0.2, -0.15) is 0 Å². The van der Waals surface area contributed by atoms with Crippen LogP contribution in [-0.4, -0.2) is 33.4 Å². The molecule has 0 spiro atoms. The van der Waals surface area contributed by atoms with Crippen LogP contribution in [-0.2, 0) is 11.3 Å². The van der Waals surface area contributed by atoms with Gasteiger partial charge in [-0.3, -0.25) is 9.69 Å². The number of rotatable bonds is 5. The molecular weight excluding hydrogens is 396 g/mol. The number of benzene rings is 3. The second kappa shape index (κ2) is 8.75. The maximum atomic E-state index is 13.0. The average Bonchev–Trinajstić information content (AvgIpc) is 3.18. The standard InChI is InChI=1S/C27H30N4O/c1-19(2)31-25-13-6-5-11-24(25)28-26(31)18-30-16-14-21(15-17-30)27(32)29-23-12-7-9-20-8-3-4-10-22(20)23/h3-13,19,21H,14-18H2,1-2H3,(H,29,32). The fraction of sp³-hybridized carbons (Fsp3) is 0.333. The van der Waals surface area contributed by atoms with E-state index in [2.05, 4.69) is 65.0 Å². The SMILES string of the molecule is CC(C)n1c(CN2CCC(C(=O)Nc3cccc4ccccc34)CC2)nc2ccccc21. The quantitative estimate of drug-likeness (QED) is 0.450. The number of anilines is 1. The van der Waals surface area contributed by atoms with E-state index < -0.39 is 0 Å². The molecule has 164 valence electrons. The normalized spacial score (nSPS) is 15.6. The van der Waals surface area contributed by atoms with Crippen molar-refractivity contribution in [1.29, 1.82) is 0 Å². The number of para-hydroxylation sites is 2. The monoisotopic (exact) mass is 426 g/mol. The van der Waals surface area contributed by atoms with E-state index in [-0.39, 0.29) is 11.8 Å². The summed E-state index contributed by atoms with van der Waals surface area (Å²) in [6.07, 6.45) is 1.75. The predicted octanol–water partition coefficient (Wildman–Crippen LogP) is 5.62. The lowest BCUT2D eigenvalue weighted by atomic mass is 9.95. The minimum atomic E-state index is 0.0501. The third-order valence-corrected chi connectivity index (χ3v) is 6.56. The molecule has 1 aliphatic heterocycles. The molecule has 2 heterocycles. The first-order valence-corrected chi connectivity index (χ1v) is 11.6. The van der Waals surface area contributed by atoms with Gasteiger partial charge in [0, 0.05) is 23.0 Å². The highest BCUT2D eigenvalue weighted by Crippen LogP contribution is 2.27. The van der Waals surface area contributed by atoms with Crippen LogP contribution in [0.15, 0.2) is 66.7 Å². The lowest BCUT2D eigenvalue weighted by molar-refractivity contribution is -0.121. The molecule has 1 aromatic heterocycles. The number of likely N-dealkylation sites (tertiary alicyclic amines) is 1. The summed E-state index contributed by atoms with van der Waals surface area (Å²) in [5.41, 5.74) is 3.16. The summed E-state index contributed by atoms with van der Waals surface area (Å²) in [4.78, 5) is 20.3. The van der Waals surface area contributed by atoms with Crippen molar-refractivity contribution in [1.82, 2.24) is 14.5 Å². The van der Waals surface area contributed by atoms with E-state index >= 15 is 0 Å². The lowest BCUT2D eigenvalue weighted by Gasteiger charge is -2.31. The number of hydrogen-bond donors (Lipinski definition) is 1. The number of carbonyl (C=O) groups is 1. The number of hydrogen-bond acceptors (Lipinski definition) is 3. The van der Waals surface area contributed by atoms with Crippen LogP contribution in [0, 0.1) is 5.92 Å². The average molecular weight is 427 g/mol. The summed E-state index contributed by atoms with van der Waals surface area (Å²) in [5, 5.41) is 5.42. The van der Waals surface area contributed by atoms with E-state index in [4.69, 9.17) is 4.98 Å². The number of piperidine rings is 1. The molecule has 1 N–H and O–H groups in total. The lowest BCUT2D eigenvalue weighted by Crippen LogP contribution is -2.38. The Bertz CT molecular complexity index is 1250. The van der Waals surface area contributed by atoms with Gasteiger partial charge in [-0.05, 0) is 63.4 Å². The van der Waals surface area contributed by atoms with Crippen LogP contribution in [0.2, 0.25) is 0 Å². The van der Waals surface area contributed by atoms with E-state index in [1.54, 1.807) is 0 Å². The Morgan fingerprint density at radius 1 is 1.00 bits per heavy atom. The van der Waals surface area contributed by atoms with E-state index in [0.717, 1.165) is 60.3 Å². The van der Waals surface area contributed by atoms with Gasteiger partial charge < -0.3 is 9.88 Å². The molecule has 5 heteroatoms. The molecule has 0 saturated carbocycles. The van der Waals surface area contributed by atoms with Crippen molar-refractivity contribution in [3.8, 4) is 0 Å². The van der Waals surface area contributed by atoms with Crippen LogP contribution < -0.4 is 5.32 Å². The minimum Gasteiger partial charge on any atom is -0.325 e. The summed E-state index contributed by atoms with van der Waals surface area (Å²) in [6, 6.07) is 23.0. The van der Waals surface area contributed by atoms with Crippen LogP contribution in [0.1, 0.15) is 38.6 Å². The summed E-state index contributed by atoms with van der Waals surface area (Å²) in [5.74, 6) is 1.30. The Kier molecular flexibility index (Phi) is 5.66. The Balaban J connectivity index is 1.24. The largest absolute Gasteiger partial charge is 0.325 e. The molecule has 0 radical (unpaired) electrons. The molecular formula is C27H30N4O. The fourth-order valence-electron chi connectivity index (χ4n) is 4.90. The van der Waals surface area contributed by atoms with Gasteiger partial charge >= 0.3 is 0 Å². The van der Waals surface area contributed by atoms with Gasteiger partial charge in [0.1, 0.15) is 5.82 Å². The molecule has 32 heavy (non-hydrogen) atoms. The minimum absolute atomic E-state index is 0.0501. The number of carbonyl (C=O) groups excluding carboxylic acids is 1. The van der Waals surface area contributed by atoms with Gasteiger partial charge in [0.25, 0.3) is 0 Å². The van der Waals surface area contributed by atoms with Gasteiger partial charge in [-0.1, -0.05) is 48.5 Å². The highest BCUT2D eigenvalue weighted by molar-refractivity contribution is 6.02. The first-order chi connectivity index (χ1) is 15.6. The van der Waals surface area contributed by atoms with Gasteiger partial charge in [-0.25, -0.2) is 4.98 Å². The van der Waals surface area contributed by atoms with Crippen molar-refractivity contribution in [2.24, 2.45) is 5.92 Å². The Morgan fingerprint density at radius 3 is 2.53 bits per heavy atom.